The smallest absolute Gasteiger partial charge is 0.251 e. The summed E-state index contributed by atoms with van der Waals surface area (Å²) in [5.74, 6) is 1.53. The molecule has 1 aromatic rings. The highest BCUT2D eigenvalue weighted by atomic mass is 16.5. The van der Waals surface area contributed by atoms with Gasteiger partial charge in [0.15, 0.2) is 0 Å². The third kappa shape index (κ3) is 2.35. The van der Waals surface area contributed by atoms with Gasteiger partial charge in [0.1, 0.15) is 5.75 Å². The molecule has 1 aromatic carbocycles. The second-order valence-corrected chi connectivity index (χ2v) is 4.53. The summed E-state index contributed by atoms with van der Waals surface area (Å²) in [6.45, 7) is 5.71. The summed E-state index contributed by atoms with van der Waals surface area (Å²) >= 11 is 0. The van der Waals surface area contributed by atoms with Crippen molar-refractivity contribution in [2.75, 3.05) is 6.61 Å². The monoisotopic (exact) mass is 219 g/mol. The molecule has 0 saturated carbocycles. The largest absolute Gasteiger partial charge is 0.494 e. The van der Waals surface area contributed by atoms with Crippen LogP contribution in [-0.4, -0.2) is 12.5 Å². The first-order chi connectivity index (χ1) is 7.66. The van der Waals surface area contributed by atoms with Crippen LogP contribution in [0, 0.1) is 5.92 Å². The quantitative estimate of drug-likeness (QED) is 0.844. The molecule has 1 aliphatic rings. The Balaban J connectivity index is 1.99. The van der Waals surface area contributed by atoms with Crippen LogP contribution in [0.4, 0.5) is 0 Å². The van der Waals surface area contributed by atoms with Crippen LogP contribution in [0.3, 0.4) is 0 Å². The van der Waals surface area contributed by atoms with E-state index in [9.17, 15) is 4.79 Å². The molecule has 0 radical (unpaired) electrons. The molecule has 2 rings (SSSR count). The molecule has 3 nitrogen and oxygen atoms in total. The van der Waals surface area contributed by atoms with Crippen molar-refractivity contribution in [3.05, 3.63) is 29.3 Å². The average Bonchev–Trinajstić information content (AvgIpc) is 2.60. The van der Waals surface area contributed by atoms with Crippen LogP contribution in [0.15, 0.2) is 18.2 Å². The maximum Gasteiger partial charge on any atom is 0.251 e. The molecule has 1 aliphatic heterocycles. The molecule has 0 aromatic heterocycles. The minimum absolute atomic E-state index is 0.0173. The van der Waals surface area contributed by atoms with Gasteiger partial charge in [-0.1, -0.05) is 13.8 Å². The molecular weight excluding hydrogens is 202 g/mol. The van der Waals surface area contributed by atoms with E-state index in [2.05, 4.69) is 19.2 Å². The van der Waals surface area contributed by atoms with Gasteiger partial charge in [-0.15, -0.1) is 0 Å². The van der Waals surface area contributed by atoms with E-state index in [1.54, 1.807) is 0 Å². The summed E-state index contributed by atoms with van der Waals surface area (Å²) in [7, 11) is 0. The van der Waals surface area contributed by atoms with E-state index < -0.39 is 0 Å². The molecular formula is C13H17NO2. The number of nitrogens with one attached hydrogen (secondary N) is 1. The SMILES string of the molecule is CC(C)CCOc1ccc2c(c1)CNC2=O. The average molecular weight is 219 g/mol. The van der Waals surface area contributed by atoms with Crippen LogP contribution >= 0.6 is 0 Å². The van der Waals surface area contributed by atoms with Gasteiger partial charge in [0.05, 0.1) is 6.61 Å². The number of rotatable bonds is 4. The number of benzene rings is 1. The Labute approximate surface area is 95.8 Å². The Morgan fingerprint density at radius 2 is 2.25 bits per heavy atom. The number of amides is 1. The fourth-order valence-electron chi connectivity index (χ4n) is 1.71. The number of carbonyl (C=O) groups is 1. The van der Waals surface area contributed by atoms with Crippen LogP contribution in [0.25, 0.3) is 0 Å². The van der Waals surface area contributed by atoms with Crippen LogP contribution in [0.5, 0.6) is 5.75 Å². The highest BCUT2D eigenvalue weighted by Crippen LogP contribution is 2.21. The van der Waals surface area contributed by atoms with Gasteiger partial charge in [-0.05, 0) is 36.1 Å². The van der Waals surface area contributed by atoms with Gasteiger partial charge in [-0.25, -0.2) is 0 Å². The zero-order valence-electron chi connectivity index (χ0n) is 9.75. The van der Waals surface area contributed by atoms with Crippen molar-refractivity contribution in [3.8, 4) is 5.75 Å². The Kier molecular flexibility index (Phi) is 3.13. The third-order valence-corrected chi connectivity index (χ3v) is 2.72. The van der Waals surface area contributed by atoms with Crippen molar-refractivity contribution in [1.82, 2.24) is 5.32 Å². The summed E-state index contributed by atoms with van der Waals surface area (Å²) in [6.07, 6.45) is 1.05. The zero-order valence-corrected chi connectivity index (χ0v) is 9.75. The minimum Gasteiger partial charge on any atom is -0.494 e. The topological polar surface area (TPSA) is 38.3 Å². The highest BCUT2D eigenvalue weighted by Gasteiger charge is 2.18. The molecule has 0 atom stereocenters. The summed E-state index contributed by atoms with van der Waals surface area (Å²) in [4.78, 5) is 11.3. The van der Waals surface area contributed by atoms with Crippen LogP contribution in [0.2, 0.25) is 0 Å². The molecule has 1 heterocycles. The Morgan fingerprint density at radius 1 is 1.44 bits per heavy atom. The maximum absolute atomic E-state index is 11.3. The van der Waals surface area contributed by atoms with Gasteiger partial charge < -0.3 is 10.1 Å². The number of carbonyl (C=O) groups excluding carboxylic acids is 1. The lowest BCUT2D eigenvalue weighted by molar-refractivity contribution is 0.0966. The summed E-state index contributed by atoms with van der Waals surface area (Å²) in [5, 5.41) is 2.79. The third-order valence-electron chi connectivity index (χ3n) is 2.72. The highest BCUT2D eigenvalue weighted by molar-refractivity contribution is 5.98. The Hall–Kier alpha value is -1.51. The molecule has 3 heteroatoms. The van der Waals surface area contributed by atoms with E-state index in [0.29, 0.717) is 12.5 Å². The molecule has 0 bridgehead atoms. The first-order valence-electron chi connectivity index (χ1n) is 5.71. The molecule has 16 heavy (non-hydrogen) atoms. The van der Waals surface area contributed by atoms with E-state index in [0.717, 1.165) is 29.9 Å². The summed E-state index contributed by atoms with van der Waals surface area (Å²) in [6, 6.07) is 5.65. The number of hydrogen-bond donors (Lipinski definition) is 1. The minimum atomic E-state index is 0.0173. The van der Waals surface area contributed by atoms with E-state index in [1.807, 2.05) is 18.2 Å². The summed E-state index contributed by atoms with van der Waals surface area (Å²) in [5.41, 5.74) is 1.81. The number of hydrogen-bond acceptors (Lipinski definition) is 2. The first kappa shape index (κ1) is 11.0. The van der Waals surface area contributed by atoms with Crippen molar-refractivity contribution in [2.45, 2.75) is 26.8 Å². The predicted octanol–water partition coefficient (Wildman–Crippen LogP) is 2.35. The van der Waals surface area contributed by atoms with Crippen molar-refractivity contribution in [2.24, 2.45) is 5.92 Å². The van der Waals surface area contributed by atoms with Crippen molar-refractivity contribution in [3.63, 3.8) is 0 Å². The number of fused-ring (bicyclic) bond motifs is 1. The molecule has 1 N–H and O–H groups in total. The second-order valence-electron chi connectivity index (χ2n) is 4.53. The van der Waals surface area contributed by atoms with Gasteiger partial charge in [0.25, 0.3) is 5.91 Å². The first-order valence-corrected chi connectivity index (χ1v) is 5.71. The van der Waals surface area contributed by atoms with Crippen LogP contribution in [0.1, 0.15) is 36.2 Å². The predicted molar refractivity (Wildman–Crippen MR) is 62.6 cm³/mol. The molecule has 0 aliphatic carbocycles. The summed E-state index contributed by atoms with van der Waals surface area (Å²) < 4.78 is 5.64. The van der Waals surface area contributed by atoms with Gasteiger partial charge in [-0.3, -0.25) is 4.79 Å². The van der Waals surface area contributed by atoms with Gasteiger partial charge >= 0.3 is 0 Å². The number of ether oxygens (including phenoxy) is 1. The second kappa shape index (κ2) is 4.56. The van der Waals surface area contributed by atoms with E-state index in [4.69, 9.17) is 4.74 Å². The molecule has 0 saturated heterocycles. The van der Waals surface area contributed by atoms with E-state index in [1.165, 1.54) is 0 Å². The molecule has 1 amide bonds. The Bertz CT molecular complexity index is 399. The molecule has 0 fully saturated rings. The fourth-order valence-corrected chi connectivity index (χ4v) is 1.71. The Morgan fingerprint density at radius 3 is 3.00 bits per heavy atom. The lowest BCUT2D eigenvalue weighted by Crippen LogP contribution is -2.12. The standard InChI is InChI=1S/C13H17NO2/c1-9(2)5-6-16-11-3-4-12-10(7-11)8-14-13(12)15/h3-4,7,9H,5-6,8H2,1-2H3,(H,14,15). The maximum atomic E-state index is 11.3. The molecule has 0 spiro atoms. The van der Waals surface area contributed by atoms with Crippen molar-refractivity contribution in [1.29, 1.82) is 0 Å². The van der Waals surface area contributed by atoms with Crippen molar-refractivity contribution < 1.29 is 9.53 Å². The van der Waals surface area contributed by atoms with Crippen molar-refractivity contribution >= 4 is 5.91 Å². The normalized spacial score (nSPS) is 13.8. The molecule has 0 unspecified atom stereocenters. The van der Waals surface area contributed by atoms with Gasteiger partial charge in [0.2, 0.25) is 0 Å². The van der Waals surface area contributed by atoms with E-state index >= 15 is 0 Å². The van der Waals surface area contributed by atoms with Crippen LogP contribution < -0.4 is 10.1 Å². The lowest BCUT2D eigenvalue weighted by Gasteiger charge is -2.08. The van der Waals surface area contributed by atoms with E-state index in [-0.39, 0.29) is 5.91 Å². The van der Waals surface area contributed by atoms with Gasteiger partial charge in [0, 0.05) is 12.1 Å². The van der Waals surface area contributed by atoms with Crippen LogP contribution in [-0.2, 0) is 6.54 Å². The lowest BCUT2D eigenvalue weighted by atomic mass is 10.1. The zero-order chi connectivity index (χ0) is 11.5. The molecule has 86 valence electrons. The fraction of sp³-hybridized carbons (Fsp3) is 0.462. The van der Waals surface area contributed by atoms with Gasteiger partial charge in [-0.2, -0.15) is 0 Å².